The number of nitro benzene ring substituents is 1. The van der Waals surface area contributed by atoms with E-state index in [9.17, 15) is 14.9 Å². The number of carbonyl (C=O) groups excluding carboxylic acids is 1. The molecule has 0 radical (unpaired) electrons. The van der Waals surface area contributed by atoms with E-state index in [4.69, 9.17) is 0 Å². The van der Waals surface area contributed by atoms with E-state index >= 15 is 0 Å². The van der Waals surface area contributed by atoms with Gasteiger partial charge in [0.1, 0.15) is 0 Å². The Morgan fingerprint density at radius 1 is 1.56 bits per heavy atom. The standard InChI is InChI=1S/C9H6BrN3O3/c1-5(14)12-8-3-9(13(15)16)7(10)2-6(8)4-11-12/h2-4H,1H3. The summed E-state index contributed by atoms with van der Waals surface area (Å²) >= 11 is 3.10. The number of fused-ring (bicyclic) bond motifs is 1. The van der Waals surface area contributed by atoms with Gasteiger partial charge in [0.25, 0.3) is 5.69 Å². The van der Waals surface area contributed by atoms with Crippen LogP contribution in [0.1, 0.15) is 11.7 Å². The molecule has 0 bridgehead atoms. The number of aromatic nitrogens is 2. The summed E-state index contributed by atoms with van der Waals surface area (Å²) in [5, 5.41) is 15.3. The Hall–Kier alpha value is -1.76. The average molecular weight is 284 g/mol. The average Bonchev–Trinajstić information content (AvgIpc) is 2.58. The smallest absolute Gasteiger partial charge is 0.273 e. The second kappa shape index (κ2) is 3.67. The van der Waals surface area contributed by atoms with Crippen molar-refractivity contribution in [2.45, 2.75) is 6.92 Å². The maximum absolute atomic E-state index is 11.2. The van der Waals surface area contributed by atoms with E-state index in [0.717, 1.165) is 4.68 Å². The highest BCUT2D eigenvalue weighted by atomic mass is 79.9. The summed E-state index contributed by atoms with van der Waals surface area (Å²) in [5.74, 6) is -0.286. The van der Waals surface area contributed by atoms with Gasteiger partial charge >= 0.3 is 0 Å². The van der Waals surface area contributed by atoms with Crippen molar-refractivity contribution in [3.63, 3.8) is 0 Å². The van der Waals surface area contributed by atoms with Crippen LogP contribution in [-0.4, -0.2) is 20.6 Å². The number of benzene rings is 1. The molecule has 0 aliphatic carbocycles. The molecule has 0 fully saturated rings. The molecule has 0 atom stereocenters. The topological polar surface area (TPSA) is 78.0 Å². The van der Waals surface area contributed by atoms with Gasteiger partial charge in [0, 0.05) is 18.4 Å². The second-order valence-corrected chi connectivity index (χ2v) is 4.05. The minimum absolute atomic E-state index is 0.0875. The zero-order valence-electron chi connectivity index (χ0n) is 8.18. The quantitative estimate of drug-likeness (QED) is 0.595. The van der Waals surface area contributed by atoms with Crippen LogP contribution < -0.4 is 0 Å². The van der Waals surface area contributed by atoms with E-state index in [2.05, 4.69) is 21.0 Å². The molecule has 7 heteroatoms. The molecule has 0 aliphatic heterocycles. The van der Waals surface area contributed by atoms with Gasteiger partial charge in [-0.1, -0.05) is 0 Å². The first-order valence-corrected chi connectivity index (χ1v) is 5.12. The Morgan fingerprint density at radius 2 is 2.25 bits per heavy atom. The Labute approximate surface area is 98.1 Å². The molecule has 2 rings (SSSR count). The zero-order valence-corrected chi connectivity index (χ0v) is 9.76. The third-order valence-electron chi connectivity index (χ3n) is 2.13. The van der Waals surface area contributed by atoms with Gasteiger partial charge in [-0.05, 0) is 22.0 Å². The first-order chi connectivity index (χ1) is 7.50. The molecule has 0 spiro atoms. The molecule has 0 aliphatic rings. The molecule has 6 nitrogen and oxygen atoms in total. The number of hydrogen-bond acceptors (Lipinski definition) is 4. The van der Waals surface area contributed by atoms with Crippen LogP contribution in [0.5, 0.6) is 0 Å². The summed E-state index contributed by atoms with van der Waals surface area (Å²) in [6, 6.07) is 2.90. The van der Waals surface area contributed by atoms with E-state index in [1.165, 1.54) is 19.2 Å². The first-order valence-electron chi connectivity index (χ1n) is 4.33. The maximum Gasteiger partial charge on any atom is 0.285 e. The highest BCUT2D eigenvalue weighted by molar-refractivity contribution is 9.10. The molecule has 0 saturated heterocycles. The number of rotatable bonds is 1. The summed E-state index contributed by atoms with van der Waals surface area (Å²) < 4.78 is 1.50. The summed E-state index contributed by atoms with van der Waals surface area (Å²) in [6.07, 6.45) is 1.49. The number of carbonyl (C=O) groups is 1. The Bertz CT molecular complexity index is 605. The summed E-state index contributed by atoms with van der Waals surface area (Å²) in [7, 11) is 0. The van der Waals surface area contributed by atoms with Crippen molar-refractivity contribution < 1.29 is 9.72 Å². The van der Waals surface area contributed by atoms with Gasteiger partial charge in [-0.15, -0.1) is 0 Å². The van der Waals surface area contributed by atoms with Crippen LogP contribution in [0.2, 0.25) is 0 Å². The van der Waals surface area contributed by atoms with Crippen molar-refractivity contribution in [3.8, 4) is 0 Å². The van der Waals surface area contributed by atoms with Crippen molar-refractivity contribution in [3.05, 3.63) is 32.9 Å². The summed E-state index contributed by atoms with van der Waals surface area (Å²) in [5.41, 5.74) is 0.345. The van der Waals surface area contributed by atoms with Crippen molar-refractivity contribution in [2.75, 3.05) is 0 Å². The fraction of sp³-hybridized carbons (Fsp3) is 0.111. The lowest BCUT2D eigenvalue weighted by molar-refractivity contribution is -0.385. The molecular weight excluding hydrogens is 278 g/mol. The molecule has 0 amide bonds. The van der Waals surface area contributed by atoms with Crippen LogP contribution in [0, 0.1) is 10.1 Å². The number of halogens is 1. The van der Waals surface area contributed by atoms with E-state index < -0.39 is 4.92 Å². The van der Waals surface area contributed by atoms with Gasteiger partial charge < -0.3 is 0 Å². The van der Waals surface area contributed by atoms with Crippen LogP contribution >= 0.6 is 15.9 Å². The van der Waals surface area contributed by atoms with E-state index in [0.29, 0.717) is 15.4 Å². The molecular formula is C9H6BrN3O3. The fourth-order valence-electron chi connectivity index (χ4n) is 1.43. The third-order valence-corrected chi connectivity index (χ3v) is 2.77. The van der Waals surface area contributed by atoms with Gasteiger partial charge in [-0.25, -0.2) is 4.68 Å². The lowest BCUT2D eigenvalue weighted by Crippen LogP contribution is -2.06. The van der Waals surface area contributed by atoms with Gasteiger partial charge in [-0.2, -0.15) is 5.10 Å². The molecule has 16 heavy (non-hydrogen) atoms. The monoisotopic (exact) mass is 283 g/mol. The minimum atomic E-state index is -0.513. The summed E-state index contributed by atoms with van der Waals surface area (Å²) in [6.45, 7) is 1.35. The SMILES string of the molecule is CC(=O)n1ncc2cc(Br)c([N+](=O)[O-])cc21. The summed E-state index contributed by atoms with van der Waals surface area (Å²) in [4.78, 5) is 21.4. The van der Waals surface area contributed by atoms with Gasteiger partial charge in [0.05, 0.1) is 21.1 Å². The number of hydrogen-bond donors (Lipinski definition) is 0. The van der Waals surface area contributed by atoms with Crippen LogP contribution in [0.3, 0.4) is 0 Å². The first kappa shape index (κ1) is 10.7. The highest BCUT2D eigenvalue weighted by Gasteiger charge is 2.16. The number of nitrogens with zero attached hydrogens (tertiary/aromatic N) is 3. The fourth-order valence-corrected chi connectivity index (χ4v) is 1.93. The van der Waals surface area contributed by atoms with Crippen LogP contribution in [0.15, 0.2) is 22.8 Å². The molecule has 2 aromatic rings. The van der Waals surface area contributed by atoms with Gasteiger partial charge in [0.2, 0.25) is 5.91 Å². The molecule has 0 saturated carbocycles. The molecule has 82 valence electrons. The lowest BCUT2D eigenvalue weighted by atomic mass is 10.2. The zero-order chi connectivity index (χ0) is 11.9. The molecule has 1 heterocycles. The highest BCUT2D eigenvalue weighted by Crippen LogP contribution is 2.29. The van der Waals surface area contributed by atoms with Crippen LogP contribution in [0.25, 0.3) is 10.9 Å². The Kier molecular flexibility index (Phi) is 2.47. The molecule has 0 unspecified atom stereocenters. The maximum atomic E-state index is 11.2. The predicted molar refractivity (Wildman–Crippen MR) is 60.4 cm³/mol. The minimum Gasteiger partial charge on any atom is -0.273 e. The van der Waals surface area contributed by atoms with E-state index in [1.807, 2.05) is 0 Å². The third kappa shape index (κ3) is 1.58. The predicted octanol–water partition coefficient (Wildman–Crippen LogP) is 2.37. The van der Waals surface area contributed by atoms with Gasteiger partial charge in [0.15, 0.2) is 0 Å². The second-order valence-electron chi connectivity index (χ2n) is 3.19. The van der Waals surface area contributed by atoms with Crippen molar-refractivity contribution in [1.82, 2.24) is 9.78 Å². The largest absolute Gasteiger partial charge is 0.285 e. The van der Waals surface area contributed by atoms with Crippen molar-refractivity contribution in [2.24, 2.45) is 0 Å². The molecule has 1 aromatic carbocycles. The van der Waals surface area contributed by atoms with Gasteiger partial charge in [-0.3, -0.25) is 14.9 Å². The normalized spacial score (nSPS) is 10.6. The number of nitro groups is 1. The molecule has 1 aromatic heterocycles. The van der Waals surface area contributed by atoms with Crippen LogP contribution in [0.4, 0.5) is 5.69 Å². The molecule has 0 N–H and O–H groups in total. The van der Waals surface area contributed by atoms with E-state index in [-0.39, 0.29) is 11.6 Å². The van der Waals surface area contributed by atoms with E-state index in [1.54, 1.807) is 6.07 Å². The van der Waals surface area contributed by atoms with Crippen LogP contribution in [-0.2, 0) is 0 Å². The Morgan fingerprint density at radius 3 is 2.81 bits per heavy atom. The van der Waals surface area contributed by atoms with Crippen molar-refractivity contribution >= 4 is 38.4 Å². The Balaban J connectivity index is 2.79. The lowest BCUT2D eigenvalue weighted by Gasteiger charge is -1.98. The van der Waals surface area contributed by atoms with Crippen molar-refractivity contribution in [1.29, 1.82) is 0 Å².